The average molecular weight is 168 g/mol. The number of carbonyl (C=O) groups is 1. The molecule has 3 heteroatoms. The Hall–Kier alpha value is -0.990. The highest BCUT2D eigenvalue weighted by atomic mass is 16.2. The second kappa shape index (κ2) is 4.80. The van der Waals surface area contributed by atoms with E-state index in [0.29, 0.717) is 0 Å². The van der Waals surface area contributed by atoms with Crippen LogP contribution in [0.2, 0.25) is 0 Å². The van der Waals surface area contributed by atoms with Crippen molar-refractivity contribution in [1.29, 1.82) is 0 Å². The highest BCUT2D eigenvalue weighted by molar-refractivity contribution is 5.75. The summed E-state index contributed by atoms with van der Waals surface area (Å²) in [5.41, 5.74) is 0. The average Bonchev–Trinajstić information content (AvgIpc) is 2.32. The SMILES string of the molecule is C=CNC(=O)N1CCCCCC1. The zero-order valence-electron chi connectivity index (χ0n) is 7.38. The van der Waals surface area contributed by atoms with Gasteiger partial charge in [-0.3, -0.25) is 0 Å². The number of urea groups is 1. The van der Waals surface area contributed by atoms with Crippen LogP contribution in [0, 0.1) is 0 Å². The molecule has 0 aromatic rings. The van der Waals surface area contributed by atoms with Crippen LogP contribution in [-0.4, -0.2) is 24.0 Å². The van der Waals surface area contributed by atoms with Crippen molar-refractivity contribution in [3.8, 4) is 0 Å². The zero-order chi connectivity index (χ0) is 8.81. The molecule has 1 N–H and O–H groups in total. The maximum atomic E-state index is 11.3. The van der Waals surface area contributed by atoms with Gasteiger partial charge in [0, 0.05) is 13.1 Å². The van der Waals surface area contributed by atoms with Crippen LogP contribution < -0.4 is 5.32 Å². The Kier molecular flexibility index (Phi) is 3.64. The van der Waals surface area contributed by atoms with Crippen molar-refractivity contribution in [2.75, 3.05) is 13.1 Å². The molecule has 1 heterocycles. The van der Waals surface area contributed by atoms with Crippen LogP contribution in [0.15, 0.2) is 12.8 Å². The maximum absolute atomic E-state index is 11.3. The molecule has 0 aromatic carbocycles. The lowest BCUT2D eigenvalue weighted by Gasteiger charge is -2.19. The van der Waals surface area contributed by atoms with Crippen molar-refractivity contribution in [1.82, 2.24) is 10.2 Å². The Balaban J connectivity index is 2.37. The molecule has 1 fully saturated rings. The number of amides is 2. The molecular formula is C9H16N2O. The molecule has 1 aliphatic rings. The van der Waals surface area contributed by atoms with Gasteiger partial charge >= 0.3 is 6.03 Å². The number of nitrogens with one attached hydrogen (secondary N) is 1. The van der Waals surface area contributed by atoms with Crippen LogP contribution in [0.25, 0.3) is 0 Å². The molecule has 0 bridgehead atoms. The fourth-order valence-electron chi connectivity index (χ4n) is 1.45. The summed E-state index contributed by atoms with van der Waals surface area (Å²) in [5.74, 6) is 0. The van der Waals surface area contributed by atoms with Crippen molar-refractivity contribution >= 4 is 6.03 Å². The van der Waals surface area contributed by atoms with E-state index in [1.807, 2.05) is 4.90 Å². The van der Waals surface area contributed by atoms with Gasteiger partial charge in [-0.05, 0) is 19.0 Å². The molecule has 1 saturated heterocycles. The summed E-state index contributed by atoms with van der Waals surface area (Å²) in [6.07, 6.45) is 6.19. The summed E-state index contributed by atoms with van der Waals surface area (Å²) in [7, 11) is 0. The molecule has 0 saturated carbocycles. The number of nitrogens with zero attached hydrogens (tertiary/aromatic N) is 1. The Morgan fingerprint density at radius 3 is 2.33 bits per heavy atom. The second-order valence-electron chi connectivity index (χ2n) is 3.05. The largest absolute Gasteiger partial charge is 0.325 e. The number of carbonyl (C=O) groups excluding carboxylic acids is 1. The number of hydrogen-bond acceptors (Lipinski definition) is 1. The molecule has 0 unspecified atom stereocenters. The van der Waals surface area contributed by atoms with Crippen molar-refractivity contribution in [3.05, 3.63) is 12.8 Å². The molecular weight excluding hydrogens is 152 g/mol. The van der Waals surface area contributed by atoms with Gasteiger partial charge in [0.05, 0.1) is 0 Å². The van der Waals surface area contributed by atoms with E-state index in [9.17, 15) is 4.79 Å². The lowest BCUT2D eigenvalue weighted by molar-refractivity contribution is 0.203. The molecule has 3 nitrogen and oxygen atoms in total. The van der Waals surface area contributed by atoms with Crippen molar-refractivity contribution in [2.45, 2.75) is 25.7 Å². The van der Waals surface area contributed by atoms with E-state index >= 15 is 0 Å². The summed E-state index contributed by atoms with van der Waals surface area (Å²) >= 11 is 0. The topological polar surface area (TPSA) is 32.3 Å². The predicted molar refractivity (Wildman–Crippen MR) is 48.8 cm³/mol. The molecule has 1 aliphatic heterocycles. The second-order valence-corrected chi connectivity index (χ2v) is 3.05. The number of hydrogen-bond donors (Lipinski definition) is 1. The molecule has 12 heavy (non-hydrogen) atoms. The minimum atomic E-state index is -0.00750. The van der Waals surface area contributed by atoms with Gasteiger partial charge in [-0.25, -0.2) is 4.79 Å². The number of rotatable bonds is 1. The summed E-state index contributed by atoms with van der Waals surface area (Å²) in [5, 5.41) is 2.59. The van der Waals surface area contributed by atoms with Crippen molar-refractivity contribution in [3.63, 3.8) is 0 Å². The van der Waals surface area contributed by atoms with Crippen molar-refractivity contribution < 1.29 is 4.79 Å². The van der Waals surface area contributed by atoms with E-state index in [-0.39, 0.29) is 6.03 Å². The van der Waals surface area contributed by atoms with Gasteiger partial charge in [0.25, 0.3) is 0 Å². The predicted octanol–water partition coefficient (Wildman–Crippen LogP) is 1.72. The Morgan fingerprint density at radius 1 is 1.25 bits per heavy atom. The molecule has 68 valence electrons. The standard InChI is InChI=1S/C9H16N2O/c1-2-10-9(12)11-7-5-3-4-6-8-11/h2H,1,3-8H2,(H,10,12). The summed E-state index contributed by atoms with van der Waals surface area (Å²) in [6.45, 7) is 5.24. The molecule has 0 spiro atoms. The van der Waals surface area contributed by atoms with Gasteiger partial charge in [0.2, 0.25) is 0 Å². The normalized spacial score (nSPS) is 18.2. The van der Waals surface area contributed by atoms with E-state index in [4.69, 9.17) is 0 Å². The van der Waals surface area contributed by atoms with E-state index in [2.05, 4.69) is 11.9 Å². The van der Waals surface area contributed by atoms with E-state index in [1.54, 1.807) is 0 Å². The number of likely N-dealkylation sites (tertiary alicyclic amines) is 1. The molecule has 0 aromatic heterocycles. The minimum Gasteiger partial charge on any atom is -0.325 e. The monoisotopic (exact) mass is 168 g/mol. The minimum absolute atomic E-state index is 0.00750. The van der Waals surface area contributed by atoms with E-state index < -0.39 is 0 Å². The van der Waals surface area contributed by atoms with Gasteiger partial charge in [-0.1, -0.05) is 19.4 Å². The fraction of sp³-hybridized carbons (Fsp3) is 0.667. The van der Waals surface area contributed by atoms with Crippen molar-refractivity contribution in [2.24, 2.45) is 0 Å². The Labute approximate surface area is 73.4 Å². The zero-order valence-corrected chi connectivity index (χ0v) is 7.38. The first kappa shape index (κ1) is 9.10. The van der Waals surface area contributed by atoms with Gasteiger partial charge < -0.3 is 10.2 Å². The van der Waals surface area contributed by atoms with Gasteiger partial charge in [-0.15, -0.1) is 0 Å². The quantitative estimate of drug-likeness (QED) is 0.635. The summed E-state index contributed by atoms with van der Waals surface area (Å²) < 4.78 is 0. The van der Waals surface area contributed by atoms with E-state index in [1.165, 1.54) is 19.0 Å². The van der Waals surface area contributed by atoms with Crippen LogP contribution in [-0.2, 0) is 0 Å². The third-order valence-corrected chi connectivity index (χ3v) is 2.12. The smallest absolute Gasteiger partial charge is 0.321 e. The van der Waals surface area contributed by atoms with Crippen LogP contribution in [0.4, 0.5) is 4.79 Å². The summed E-state index contributed by atoms with van der Waals surface area (Å²) in [6, 6.07) is -0.00750. The molecule has 0 atom stereocenters. The Bertz CT molecular complexity index is 160. The fourth-order valence-corrected chi connectivity index (χ4v) is 1.45. The lowest BCUT2D eigenvalue weighted by atomic mass is 10.2. The van der Waals surface area contributed by atoms with Crippen LogP contribution in [0.1, 0.15) is 25.7 Å². The first-order valence-electron chi connectivity index (χ1n) is 4.51. The van der Waals surface area contributed by atoms with Crippen LogP contribution in [0.3, 0.4) is 0 Å². The van der Waals surface area contributed by atoms with E-state index in [0.717, 1.165) is 25.9 Å². The first-order valence-corrected chi connectivity index (χ1v) is 4.51. The van der Waals surface area contributed by atoms with Gasteiger partial charge in [0.15, 0.2) is 0 Å². The van der Waals surface area contributed by atoms with Gasteiger partial charge in [0.1, 0.15) is 0 Å². The third-order valence-electron chi connectivity index (χ3n) is 2.12. The molecule has 1 rings (SSSR count). The van der Waals surface area contributed by atoms with Crippen LogP contribution >= 0.6 is 0 Å². The lowest BCUT2D eigenvalue weighted by Crippen LogP contribution is -2.37. The first-order chi connectivity index (χ1) is 5.84. The van der Waals surface area contributed by atoms with Gasteiger partial charge in [-0.2, -0.15) is 0 Å². The maximum Gasteiger partial charge on any atom is 0.321 e. The molecule has 0 aliphatic carbocycles. The third kappa shape index (κ3) is 2.57. The molecule has 0 radical (unpaired) electrons. The Morgan fingerprint density at radius 2 is 1.83 bits per heavy atom. The van der Waals surface area contributed by atoms with Crippen LogP contribution in [0.5, 0.6) is 0 Å². The highest BCUT2D eigenvalue weighted by Crippen LogP contribution is 2.09. The molecule has 2 amide bonds. The summed E-state index contributed by atoms with van der Waals surface area (Å²) in [4.78, 5) is 13.2. The highest BCUT2D eigenvalue weighted by Gasteiger charge is 2.13.